The molecule has 0 saturated heterocycles. The van der Waals surface area contributed by atoms with Gasteiger partial charge in [-0.2, -0.15) is 0 Å². The molecule has 0 aromatic rings. The first kappa shape index (κ1) is 19.2. The fourth-order valence-electron chi connectivity index (χ4n) is 4.23. The number of carbonyl (C=O) groups is 2. The first-order valence-corrected chi connectivity index (χ1v) is 9.90. The van der Waals surface area contributed by atoms with Crippen molar-refractivity contribution in [3.63, 3.8) is 0 Å². The van der Waals surface area contributed by atoms with Crippen molar-refractivity contribution >= 4 is 11.8 Å². The monoisotopic (exact) mass is 337 g/mol. The molecule has 2 aliphatic carbocycles. The smallest absolute Gasteiger partial charge is 0.223 e. The zero-order chi connectivity index (χ0) is 17.4. The second kappa shape index (κ2) is 10.0. The highest BCUT2D eigenvalue weighted by molar-refractivity contribution is 5.81. The number of hydrogen-bond acceptors (Lipinski definition) is 3. The topological polar surface area (TPSA) is 84.2 Å². The molecule has 0 heterocycles. The summed E-state index contributed by atoms with van der Waals surface area (Å²) >= 11 is 0. The van der Waals surface area contributed by atoms with Crippen LogP contribution in [-0.2, 0) is 9.59 Å². The van der Waals surface area contributed by atoms with Gasteiger partial charge in [0.15, 0.2) is 0 Å². The maximum absolute atomic E-state index is 12.3. The van der Waals surface area contributed by atoms with Crippen LogP contribution >= 0.6 is 0 Å². The highest BCUT2D eigenvalue weighted by Gasteiger charge is 2.26. The number of nitrogens with one attached hydrogen (secondary N) is 2. The molecule has 4 N–H and O–H groups in total. The Hall–Kier alpha value is -1.10. The summed E-state index contributed by atoms with van der Waals surface area (Å²) in [5.41, 5.74) is 5.88. The summed E-state index contributed by atoms with van der Waals surface area (Å²) in [7, 11) is 0. The largest absolute Gasteiger partial charge is 0.353 e. The molecule has 2 aliphatic rings. The van der Waals surface area contributed by atoms with Crippen LogP contribution in [0.2, 0.25) is 0 Å². The molecular weight excluding hydrogens is 302 g/mol. The van der Waals surface area contributed by atoms with E-state index in [1.54, 1.807) is 0 Å². The van der Waals surface area contributed by atoms with E-state index in [1.165, 1.54) is 25.7 Å². The van der Waals surface area contributed by atoms with Crippen LogP contribution in [0.4, 0.5) is 0 Å². The second-order valence-electron chi connectivity index (χ2n) is 7.76. The predicted molar refractivity (Wildman–Crippen MR) is 96.4 cm³/mol. The van der Waals surface area contributed by atoms with Crippen LogP contribution in [0, 0.1) is 11.8 Å². The molecule has 2 unspecified atom stereocenters. The van der Waals surface area contributed by atoms with Crippen molar-refractivity contribution in [2.45, 2.75) is 89.6 Å². The van der Waals surface area contributed by atoms with E-state index in [2.05, 4.69) is 10.6 Å². The molecule has 138 valence electrons. The van der Waals surface area contributed by atoms with Crippen molar-refractivity contribution in [2.24, 2.45) is 17.6 Å². The number of rotatable bonds is 7. The molecule has 0 radical (unpaired) electrons. The third kappa shape index (κ3) is 6.08. The SMILES string of the molecule is CC(CC(=O)NC(CN)C1CCCCC1)NC(=O)C1CCCCC1. The van der Waals surface area contributed by atoms with E-state index in [9.17, 15) is 9.59 Å². The highest BCUT2D eigenvalue weighted by atomic mass is 16.2. The molecule has 0 aromatic carbocycles. The Morgan fingerprint density at radius 1 is 0.958 bits per heavy atom. The van der Waals surface area contributed by atoms with Gasteiger partial charge in [0.05, 0.1) is 0 Å². The third-order valence-corrected chi connectivity index (χ3v) is 5.68. The van der Waals surface area contributed by atoms with Gasteiger partial charge in [-0.3, -0.25) is 9.59 Å². The van der Waals surface area contributed by atoms with Gasteiger partial charge in [0.2, 0.25) is 11.8 Å². The van der Waals surface area contributed by atoms with E-state index in [4.69, 9.17) is 5.73 Å². The molecule has 5 heteroatoms. The minimum absolute atomic E-state index is 0.00691. The second-order valence-corrected chi connectivity index (χ2v) is 7.76. The van der Waals surface area contributed by atoms with E-state index in [0.29, 0.717) is 18.9 Å². The van der Waals surface area contributed by atoms with Crippen molar-refractivity contribution in [3.8, 4) is 0 Å². The normalized spacial score (nSPS) is 22.6. The van der Waals surface area contributed by atoms with Gasteiger partial charge in [-0.25, -0.2) is 0 Å². The minimum Gasteiger partial charge on any atom is -0.353 e. The molecule has 24 heavy (non-hydrogen) atoms. The van der Waals surface area contributed by atoms with Crippen LogP contribution in [-0.4, -0.2) is 30.4 Å². The fourth-order valence-corrected chi connectivity index (χ4v) is 4.23. The lowest BCUT2D eigenvalue weighted by atomic mass is 9.84. The average molecular weight is 338 g/mol. The molecule has 0 aromatic heterocycles. The molecule has 0 spiro atoms. The van der Waals surface area contributed by atoms with E-state index in [0.717, 1.165) is 38.5 Å². The van der Waals surface area contributed by atoms with Crippen LogP contribution in [0.5, 0.6) is 0 Å². The molecule has 2 rings (SSSR count). The quantitative estimate of drug-likeness (QED) is 0.667. The zero-order valence-corrected chi connectivity index (χ0v) is 15.2. The van der Waals surface area contributed by atoms with Gasteiger partial charge >= 0.3 is 0 Å². The Labute approximate surface area is 146 Å². The lowest BCUT2D eigenvalue weighted by Gasteiger charge is -2.30. The van der Waals surface area contributed by atoms with Gasteiger partial charge in [-0.15, -0.1) is 0 Å². The van der Waals surface area contributed by atoms with Gasteiger partial charge in [0.25, 0.3) is 0 Å². The van der Waals surface area contributed by atoms with Crippen molar-refractivity contribution in [1.29, 1.82) is 0 Å². The van der Waals surface area contributed by atoms with Crippen molar-refractivity contribution < 1.29 is 9.59 Å². The maximum atomic E-state index is 12.3. The van der Waals surface area contributed by atoms with Gasteiger partial charge in [0.1, 0.15) is 0 Å². The summed E-state index contributed by atoms with van der Waals surface area (Å²) in [6, 6.07) is -0.0387. The lowest BCUT2D eigenvalue weighted by Crippen LogP contribution is -2.48. The Kier molecular flexibility index (Phi) is 8.03. The molecule has 2 atom stereocenters. The molecule has 0 aliphatic heterocycles. The third-order valence-electron chi connectivity index (χ3n) is 5.68. The van der Waals surface area contributed by atoms with Gasteiger partial charge in [-0.05, 0) is 38.5 Å². The number of nitrogens with two attached hydrogens (primary N) is 1. The van der Waals surface area contributed by atoms with Crippen LogP contribution in [0.25, 0.3) is 0 Å². The van der Waals surface area contributed by atoms with Gasteiger partial charge < -0.3 is 16.4 Å². The van der Waals surface area contributed by atoms with E-state index in [1.807, 2.05) is 6.92 Å². The Balaban J connectivity index is 1.72. The lowest BCUT2D eigenvalue weighted by molar-refractivity contribution is -0.127. The van der Waals surface area contributed by atoms with Crippen molar-refractivity contribution in [2.75, 3.05) is 6.54 Å². The average Bonchev–Trinajstić information content (AvgIpc) is 2.61. The van der Waals surface area contributed by atoms with Gasteiger partial charge in [-0.1, -0.05) is 38.5 Å². The number of amides is 2. The van der Waals surface area contributed by atoms with Crippen LogP contribution < -0.4 is 16.4 Å². The van der Waals surface area contributed by atoms with Gasteiger partial charge in [0, 0.05) is 31.0 Å². The minimum atomic E-state index is -0.121. The van der Waals surface area contributed by atoms with E-state index < -0.39 is 0 Å². The zero-order valence-electron chi connectivity index (χ0n) is 15.2. The van der Waals surface area contributed by atoms with Crippen LogP contribution in [0.15, 0.2) is 0 Å². The highest BCUT2D eigenvalue weighted by Crippen LogP contribution is 2.26. The Morgan fingerprint density at radius 2 is 1.54 bits per heavy atom. The molecule has 0 bridgehead atoms. The molecule has 5 nitrogen and oxygen atoms in total. The first-order valence-electron chi connectivity index (χ1n) is 9.90. The summed E-state index contributed by atoms with van der Waals surface area (Å²) in [5.74, 6) is 0.785. The fraction of sp³-hybridized carbons (Fsp3) is 0.895. The summed E-state index contributed by atoms with van der Waals surface area (Å²) in [6.45, 7) is 2.41. The van der Waals surface area contributed by atoms with E-state index in [-0.39, 0.29) is 29.8 Å². The van der Waals surface area contributed by atoms with Crippen LogP contribution in [0.3, 0.4) is 0 Å². The molecule has 2 amide bonds. The summed E-state index contributed by atoms with van der Waals surface area (Å²) in [6.07, 6.45) is 11.9. The molecule has 2 saturated carbocycles. The first-order chi connectivity index (χ1) is 11.6. The standard InChI is InChI=1S/C19H35N3O2/c1-14(21-19(24)16-10-6-3-7-11-16)12-18(23)22-17(13-20)15-8-4-2-5-9-15/h14-17H,2-13,20H2,1H3,(H,21,24)(H,22,23). The number of carbonyl (C=O) groups excluding carboxylic acids is 2. The summed E-state index contributed by atoms with van der Waals surface area (Å²) in [4.78, 5) is 24.6. The van der Waals surface area contributed by atoms with Crippen LogP contribution in [0.1, 0.15) is 77.6 Å². The molecule has 2 fully saturated rings. The summed E-state index contributed by atoms with van der Waals surface area (Å²) in [5, 5.41) is 6.13. The van der Waals surface area contributed by atoms with E-state index >= 15 is 0 Å². The predicted octanol–water partition coefficient (Wildman–Crippen LogP) is 2.49. The Morgan fingerprint density at radius 3 is 2.12 bits per heavy atom. The number of hydrogen-bond donors (Lipinski definition) is 3. The van der Waals surface area contributed by atoms with Crippen molar-refractivity contribution in [3.05, 3.63) is 0 Å². The Bertz CT molecular complexity index is 401. The molecular formula is C19H35N3O2. The summed E-state index contributed by atoms with van der Waals surface area (Å²) < 4.78 is 0. The maximum Gasteiger partial charge on any atom is 0.223 e. The van der Waals surface area contributed by atoms with Crippen molar-refractivity contribution in [1.82, 2.24) is 10.6 Å².